The quantitative estimate of drug-likeness (QED) is 0.589. The number of hydrogen-bond acceptors (Lipinski definition) is 4. The SMILES string of the molecule is Cc1ccc(/C=C/S(=O)(=O)Nc2ccc3c(c2)CN(S(=O)(=O)c2ccccc2)CC3)cc1. The van der Waals surface area contributed by atoms with Crippen LogP contribution >= 0.6 is 0 Å². The van der Waals surface area contributed by atoms with Gasteiger partial charge in [0.2, 0.25) is 10.0 Å². The normalized spacial score (nSPS) is 14.9. The maximum Gasteiger partial charge on any atom is 0.255 e. The van der Waals surface area contributed by atoms with E-state index in [1.807, 2.05) is 37.3 Å². The van der Waals surface area contributed by atoms with E-state index in [1.165, 1.54) is 10.4 Å². The number of sulfonamides is 2. The van der Waals surface area contributed by atoms with Crippen molar-refractivity contribution in [2.45, 2.75) is 24.8 Å². The third kappa shape index (κ3) is 5.09. The van der Waals surface area contributed by atoms with E-state index < -0.39 is 20.0 Å². The summed E-state index contributed by atoms with van der Waals surface area (Å²) in [5.74, 6) is 0. The van der Waals surface area contributed by atoms with E-state index in [2.05, 4.69) is 4.72 Å². The summed E-state index contributed by atoms with van der Waals surface area (Å²) in [5, 5.41) is 1.13. The van der Waals surface area contributed by atoms with Gasteiger partial charge in [-0.1, -0.05) is 54.1 Å². The lowest BCUT2D eigenvalue weighted by molar-refractivity contribution is 0.391. The Hall–Kier alpha value is -2.94. The number of fused-ring (bicyclic) bond motifs is 1. The van der Waals surface area contributed by atoms with Crippen LogP contribution in [0, 0.1) is 6.92 Å². The molecule has 4 rings (SSSR count). The van der Waals surface area contributed by atoms with E-state index in [-0.39, 0.29) is 11.4 Å². The Balaban J connectivity index is 1.51. The molecule has 6 nitrogen and oxygen atoms in total. The predicted octanol–water partition coefficient (Wildman–Crippen LogP) is 4.15. The van der Waals surface area contributed by atoms with Gasteiger partial charge in [-0.05, 0) is 60.4 Å². The molecule has 0 bridgehead atoms. The monoisotopic (exact) mass is 468 g/mol. The molecule has 0 unspecified atom stereocenters. The van der Waals surface area contributed by atoms with Crippen molar-refractivity contribution >= 4 is 31.8 Å². The lowest BCUT2D eigenvalue weighted by atomic mass is 10.0. The van der Waals surface area contributed by atoms with Crippen LogP contribution in [0.1, 0.15) is 22.3 Å². The average Bonchev–Trinajstić information content (AvgIpc) is 2.78. The van der Waals surface area contributed by atoms with Crippen LogP contribution in [0.2, 0.25) is 0 Å². The molecule has 0 aromatic heterocycles. The predicted molar refractivity (Wildman–Crippen MR) is 127 cm³/mol. The maximum absolute atomic E-state index is 13.0. The Morgan fingerprint density at radius 2 is 1.59 bits per heavy atom. The fourth-order valence-electron chi connectivity index (χ4n) is 3.59. The standard InChI is InChI=1S/C24H24N2O4S2/c1-19-7-9-20(10-8-19)14-16-31(27,28)25-23-12-11-21-13-15-26(18-22(21)17-23)32(29,30)24-5-3-2-4-6-24/h2-12,14,16-17,25H,13,15,18H2,1H3/b16-14+. The lowest BCUT2D eigenvalue weighted by Crippen LogP contribution is -2.36. The van der Waals surface area contributed by atoms with Gasteiger partial charge in [-0.3, -0.25) is 4.72 Å². The van der Waals surface area contributed by atoms with Crippen molar-refractivity contribution in [1.82, 2.24) is 4.31 Å². The summed E-state index contributed by atoms with van der Waals surface area (Å²) in [7, 11) is -7.33. The van der Waals surface area contributed by atoms with Crippen molar-refractivity contribution in [3.63, 3.8) is 0 Å². The highest BCUT2D eigenvalue weighted by molar-refractivity contribution is 7.95. The summed E-state index contributed by atoms with van der Waals surface area (Å²) in [5.41, 5.74) is 4.09. The van der Waals surface area contributed by atoms with Gasteiger partial charge < -0.3 is 0 Å². The zero-order valence-electron chi connectivity index (χ0n) is 17.6. The number of benzene rings is 3. The van der Waals surface area contributed by atoms with Gasteiger partial charge in [-0.25, -0.2) is 16.8 Å². The topological polar surface area (TPSA) is 83.6 Å². The molecule has 1 heterocycles. The highest BCUT2D eigenvalue weighted by Gasteiger charge is 2.28. The van der Waals surface area contributed by atoms with E-state index in [9.17, 15) is 16.8 Å². The Labute approximate surface area is 189 Å². The minimum atomic E-state index is -3.72. The summed E-state index contributed by atoms with van der Waals surface area (Å²) in [6.07, 6.45) is 2.11. The van der Waals surface area contributed by atoms with Crippen LogP contribution in [0.5, 0.6) is 0 Å². The Kier molecular flexibility index (Phi) is 6.19. The summed E-state index contributed by atoms with van der Waals surface area (Å²) in [4.78, 5) is 0.251. The molecule has 0 saturated carbocycles. The number of rotatable bonds is 6. The molecule has 3 aromatic rings. The van der Waals surface area contributed by atoms with Crippen LogP contribution < -0.4 is 4.72 Å². The maximum atomic E-state index is 13.0. The van der Waals surface area contributed by atoms with Gasteiger partial charge in [-0.2, -0.15) is 4.31 Å². The molecule has 32 heavy (non-hydrogen) atoms. The van der Waals surface area contributed by atoms with Crippen molar-refractivity contribution in [2.24, 2.45) is 0 Å². The van der Waals surface area contributed by atoms with Crippen molar-refractivity contribution in [1.29, 1.82) is 0 Å². The zero-order valence-corrected chi connectivity index (χ0v) is 19.2. The summed E-state index contributed by atoms with van der Waals surface area (Å²) >= 11 is 0. The molecule has 0 fully saturated rings. The molecule has 1 aliphatic rings. The molecule has 0 atom stereocenters. The lowest BCUT2D eigenvalue weighted by Gasteiger charge is -2.28. The fraction of sp³-hybridized carbons (Fsp3) is 0.167. The highest BCUT2D eigenvalue weighted by Crippen LogP contribution is 2.27. The van der Waals surface area contributed by atoms with E-state index in [0.717, 1.165) is 27.7 Å². The smallest absolute Gasteiger partial charge is 0.255 e. The van der Waals surface area contributed by atoms with Gasteiger partial charge in [0.05, 0.1) is 10.3 Å². The van der Waals surface area contributed by atoms with Gasteiger partial charge in [0.15, 0.2) is 0 Å². The molecule has 0 radical (unpaired) electrons. The third-order valence-electron chi connectivity index (χ3n) is 5.34. The number of nitrogens with zero attached hydrogens (tertiary/aromatic N) is 1. The summed E-state index contributed by atoms with van der Waals surface area (Å²) in [6, 6.07) is 21.1. The molecule has 1 aliphatic heterocycles. The van der Waals surface area contributed by atoms with E-state index in [4.69, 9.17) is 0 Å². The molecule has 1 N–H and O–H groups in total. The van der Waals surface area contributed by atoms with Gasteiger partial charge in [0.25, 0.3) is 10.0 Å². The summed E-state index contributed by atoms with van der Waals surface area (Å²) in [6.45, 7) is 2.55. The number of aryl methyl sites for hydroxylation is 1. The second-order valence-electron chi connectivity index (χ2n) is 7.75. The van der Waals surface area contributed by atoms with Crippen LogP contribution in [0.25, 0.3) is 6.08 Å². The molecule has 166 valence electrons. The van der Waals surface area contributed by atoms with Gasteiger partial charge in [0.1, 0.15) is 0 Å². The van der Waals surface area contributed by atoms with Crippen LogP contribution in [0.4, 0.5) is 5.69 Å². The fourth-order valence-corrected chi connectivity index (χ4v) is 5.89. The number of nitrogens with one attached hydrogen (secondary N) is 1. The highest BCUT2D eigenvalue weighted by atomic mass is 32.2. The van der Waals surface area contributed by atoms with E-state index in [1.54, 1.807) is 42.5 Å². The molecule has 0 saturated heterocycles. The molecule has 0 aliphatic carbocycles. The molecule has 0 amide bonds. The second kappa shape index (κ2) is 8.90. The van der Waals surface area contributed by atoms with Gasteiger partial charge in [-0.15, -0.1) is 0 Å². The molecule has 3 aromatic carbocycles. The van der Waals surface area contributed by atoms with Crippen LogP contribution in [0.3, 0.4) is 0 Å². The Morgan fingerprint density at radius 1 is 0.875 bits per heavy atom. The third-order valence-corrected chi connectivity index (χ3v) is 8.22. The molecular formula is C24H24N2O4S2. The summed E-state index contributed by atoms with van der Waals surface area (Å²) < 4.78 is 54.9. The second-order valence-corrected chi connectivity index (χ2v) is 11.2. The van der Waals surface area contributed by atoms with Crippen LogP contribution in [-0.4, -0.2) is 27.7 Å². The van der Waals surface area contributed by atoms with E-state index >= 15 is 0 Å². The minimum Gasteiger partial charge on any atom is -0.280 e. The average molecular weight is 469 g/mol. The van der Waals surface area contributed by atoms with Gasteiger partial charge >= 0.3 is 0 Å². The number of anilines is 1. The largest absolute Gasteiger partial charge is 0.280 e. The minimum absolute atomic E-state index is 0.196. The first-order valence-electron chi connectivity index (χ1n) is 10.2. The van der Waals surface area contributed by atoms with Crippen molar-refractivity contribution in [3.05, 3.63) is 100 Å². The number of hydrogen-bond donors (Lipinski definition) is 1. The van der Waals surface area contributed by atoms with Crippen molar-refractivity contribution in [3.8, 4) is 0 Å². The van der Waals surface area contributed by atoms with Crippen molar-refractivity contribution in [2.75, 3.05) is 11.3 Å². The van der Waals surface area contributed by atoms with E-state index in [0.29, 0.717) is 18.7 Å². The Morgan fingerprint density at radius 3 is 2.31 bits per heavy atom. The van der Waals surface area contributed by atoms with Gasteiger partial charge in [0, 0.05) is 18.8 Å². The first-order chi connectivity index (χ1) is 15.2. The van der Waals surface area contributed by atoms with Crippen LogP contribution in [-0.2, 0) is 33.0 Å². The Bertz CT molecular complexity index is 1350. The van der Waals surface area contributed by atoms with Crippen LogP contribution in [0.15, 0.2) is 83.1 Å². The molecule has 8 heteroatoms. The molecular weight excluding hydrogens is 444 g/mol. The first kappa shape index (κ1) is 22.3. The zero-order chi connectivity index (χ0) is 22.8. The first-order valence-corrected chi connectivity index (χ1v) is 13.2. The molecule has 0 spiro atoms. The van der Waals surface area contributed by atoms with Crippen molar-refractivity contribution < 1.29 is 16.8 Å².